The summed E-state index contributed by atoms with van der Waals surface area (Å²) in [5.74, 6) is 0.0448. The third-order valence-electron chi connectivity index (χ3n) is 9.52. The maximum absolute atomic E-state index is 12.0. The van der Waals surface area contributed by atoms with Crippen LogP contribution < -0.4 is 14.4 Å². The van der Waals surface area contributed by atoms with Gasteiger partial charge in [0.05, 0.1) is 10.6 Å². The summed E-state index contributed by atoms with van der Waals surface area (Å²) >= 11 is 6.82. The van der Waals surface area contributed by atoms with Gasteiger partial charge in [0.2, 0.25) is 0 Å². The first-order valence-corrected chi connectivity index (χ1v) is 17.8. The highest BCUT2D eigenvalue weighted by atomic mass is 35.5. The lowest BCUT2D eigenvalue weighted by molar-refractivity contribution is -0.143. The average molecular weight is 723 g/mol. The molecule has 0 bridgehead atoms. The molecule has 52 heavy (non-hydrogen) atoms. The van der Waals surface area contributed by atoms with Crippen molar-refractivity contribution in [3.63, 3.8) is 0 Å². The normalized spacial score (nSPS) is 14.1. The lowest BCUT2D eigenvalue weighted by atomic mass is 9.96. The second-order valence-electron chi connectivity index (χ2n) is 13.3. The van der Waals surface area contributed by atoms with Gasteiger partial charge in [-0.25, -0.2) is 0 Å². The van der Waals surface area contributed by atoms with Gasteiger partial charge in [0.25, 0.3) is 6.01 Å². The van der Waals surface area contributed by atoms with Crippen LogP contribution in [0.25, 0.3) is 22.2 Å². The molecular weight excluding hydrogens is 680 g/mol. The first kappa shape index (κ1) is 36.6. The number of pyridine rings is 1. The van der Waals surface area contributed by atoms with Crippen molar-refractivity contribution in [2.24, 2.45) is 0 Å². The molecule has 5 aromatic rings. The number of likely N-dealkylation sites (N-methyl/N-ethyl adjacent to an activating group) is 2. The number of nitriles is 1. The maximum Gasteiger partial charge on any atom is 0.320 e. The first-order chi connectivity index (χ1) is 25.1. The number of fused-ring (bicyclic) bond motifs is 1. The van der Waals surface area contributed by atoms with Crippen LogP contribution in [-0.2, 0) is 24.6 Å². The van der Waals surface area contributed by atoms with Crippen molar-refractivity contribution in [3.8, 4) is 28.7 Å². The van der Waals surface area contributed by atoms with Gasteiger partial charge in [-0.05, 0) is 74.0 Å². The van der Waals surface area contributed by atoms with Crippen LogP contribution in [0, 0.1) is 18.3 Å². The Labute approximate surface area is 309 Å². The zero-order valence-electron chi connectivity index (χ0n) is 29.9. The van der Waals surface area contributed by atoms with Gasteiger partial charge >= 0.3 is 5.97 Å². The molecule has 12 heteroatoms. The Morgan fingerprint density at radius 2 is 1.85 bits per heavy atom. The molecule has 3 aromatic carbocycles. The van der Waals surface area contributed by atoms with Crippen molar-refractivity contribution in [2.45, 2.75) is 52.5 Å². The van der Waals surface area contributed by atoms with Gasteiger partial charge in [-0.15, -0.1) is 0 Å². The molecule has 1 fully saturated rings. The number of ether oxygens (including phenoxy) is 2. The maximum atomic E-state index is 12.0. The summed E-state index contributed by atoms with van der Waals surface area (Å²) in [5.41, 5.74) is 7.59. The minimum Gasteiger partial charge on any atom is -0.488 e. The van der Waals surface area contributed by atoms with Gasteiger partial charge < -0.3 is 28.8 Å². The number of aromatic nitrogens is 2. The van der Waals surface area contributed by atoms with E-state index in [2.05, 4.69) is 53.0 Å². The third kappa shape index (κ3) is 8.48. The zero-order chi connectivity index (χ0) is 36.8. The number of aliphatic carboxylic acids is 1. The summed E-state index contributed by atoms with van der Waals surface area (Å²) in [6.07, 6.45) is 4.37. The number of rotatable bonds is 14. The van der Waals surface area contributed by atoms with Crippen LogP contribution >= 0.6 is 11.6 Å². The highest BCUT2D eigenvalue weighted by Crippen LogP contribution is 2.36. The van der Waals surface area contributed by atoms with Crippen LogP contribution in [0.1, 0.15) is 47.6 Å². The minimum absolute atomic E-state index is 0.144. The Hall–Kier alpha value is -5.15. The van der Waals surface area contributed by atoms with Crippen molar-refractivity contribution in [2.75, 3.05) is 45.2 Å². The van der Waals surface area contributed by atoms with Crippen LogP contribution in [0.5, 0.6) is 11.5 Å². The van der Waals surface area contributed by atoms with Crippen LogP contribution in [-0.4, -0.2) is 77.2 Å². The van der Waals surface area contributed by atoms with Crippen LogP contribution in [0.4, 0.5) is 6.01 Å². The second-order valence-corrected chi connectivity index (χ2v) is 13.7. The molecule has 1 saturated heterocycles. The average Bonchev–Trinajstić information content (AvgIpc) is 3.57. The van der Waals surface area contributed by atoms with Gasteiger partial charge in [-0.1, -0.05) is 49.2 Å². The molecule has 0 amide bonds. The molecule has 0 spiro atoms. The van der Waals surface area contributed by atoms with E-state index in [0.29, 0.717) is 40.1 Å². The molecule has 0 saturated carbocycles. The Morgan fingerprint density at radius 1 is 1.06 bits per heavy atom. The van der Waals surface area contributed by atoms with Gasteiger partial charge in [0.15, 0.2) is 5.58 Å². The molecule has 1 aliphatic heterocycles. The second kappa shape index (κ2) is 16.5. The molecule has 6 rings (SSSR count). The fraction of sp³-hybridized carbons (Fsp3) is 0.350. The van der Waals surface area contributed by atoms with Crippen molar-refractivity contribution in [1.82, 2.24) is 19.8 Å². The monoisotopic (exact) mass is 722 g/mol. The van der Waals surface area contributed by atoms with E-state index >= 15 is 0 Å². The third-order valence-corrected chi connectivity index (χ3v) is 9.82. The number of carboxylic acid groups (broad SMARTS) is 1. The topological polar surface area (TPSA) is 128 Å². The SMILES string of the molecule is CCC[C@@H](C(=O)O)N(C)Cc1cc(Cl)c(OCc2cccc(-c3ccc4oc(N5CCN(C)CC5)nc4c3)c2C)cc1OCc1cncc(C#N)c1. The molecule has 270 valence electrons. The van der Waals surface area contributed by atoms with E-state index in [1.165, 1.54) is 6.20 Å². The Bertz CT molecular complexity index is 2090. The predicted octanol–water partition coefficient (Wildman–Crippen LogP) is 7.32. The van der Waals surface area contributed by atoms with Crippen molar-refractivity contribution >= 4 is 34.7 Å². The number of oxazole rings is 1. The van der Waals surface area contributed by atoms with E-state index < -0.39 is 12.0 Å². The van der Waals surface area contributed by atoms with Gasteiger partial charge in [-0.2, -0.15) is 10.2 Å². The lowest BCUT2D eigenvalue weighted by Gasteiger charge is -2.31. The van der Waals surface area contributed by atoms with Gasteiger partial charge in [-0.3, -0.25) is 14.7 Å². The fourth-order valence-corrected chi connectivity index (χ4v) is 6.68. The molecule has 1 N–H and O–H groups in total. The van der Waals surface area contributed by atoms with E-state index in [-0.39, 0.29) is 19.8 Å². The molecule has 2 aromatic heterocycles. The van der Waals surface area contributed by atoms with E-state index in [1.807, 2.05) is 25.1 Å². The molecule has 1 atom stereocenters. The van der Waals surface area contributed by atoms with Gasteiger partial charge in [0.1, 0.15) is 42.3 Å². The molecule has 11 nitrogen and oxygen atoms in total. The largest absolute Gasteiger partial charge is 0.488 e. The van der Waals surface area contributed by atoms with E-state index in [1.54, 1.807) is 36.3 Å². The van der Waals surface area contributed by atoms with Crippen LogP contribution in [0.3, 0.4) is 0 Å². The number of hydrogen-bond donors (Lipinski definition) is 1. The van der Waals surface area contributed by atoms with Crippen molar-refractivity contribution < 1.29 is 23.8 Å². The number of benzene rings is 3. The van der Waals surface area contributed by atoms with Gasteiger partial charge in [0, 0.05) is 62.3 Å². The Balaban J connectivity index is 1.23. The zero-order valence-corrected chi connectivity index (χ0v) is 30.7. The van der Waals surface area contributed by atoms with E-state index in [9.17, 15) is 15.2 Å². The number of carbonyl (C=O) groups is 1. The Kier molecular flexibility index (Phi) is 11.6. The van der Waals surface area contributed by atoms with Crippen molar-refractivity contribution in [3.05, 3.63) is 99.8 Å². The lowest BCUT2D eigenvalue weighted by Crippen LogP contribution is -2.44. The fourth-order valence-electron chi connectivity index (χ4n) is 6.44. The minimum atomic E-state index is -0.883. The number of halogens is 1. The highest BCUT2D eigenvalue weighted by Gasteiger charge is 2.24. The number of nitrogens with zero attached hydrogens (tertiary/aromatic N) is 6. The molecule has 0 unspecified atom stereocenters. The van der Waals surface area contributed by atoms with E-state index in [0.717, 1.165) is 71.5 Å². The standard InChI is InChI=1S/C40H43ClN6O5/c1-5-7-35(39(48)49)46(4)23-31-17-33(41)38(19-37(31)50-24-28-16-27(20-42)21-43-22-28)51-25-30-8-6-9-32(26(30)2)29-10-11-36-34(18-29)44-40(52-36)47-14-12-45(3)13-15-47/h6,8-11,16-19,21-22,35H,5,7,12-15,23-25H2,1-4H3,(H,48,49)/t35-/m0/s1. The summed E-state index contributed by atoms with van der Waals surface area (Å²) in [4.78, 5) is 27.3. The van der Waals surface area contributed by atoms with Crippen LogP contribution in [0.2, 0.25) is 5.02 Å². The summed E-state index contributed by atoms with van der Waals surface area (Å²) in [5, 5.41) is 19.6. The van der Waals surface area contributed by atoms with Crippen LogP contribution in [0.15, 0.2) is 71.4 Å². The summed E-state index contributed by atoms with van der Waals surface area (Å²) in [7, 11) is 3.90. The molecule has 1 aliphatic rings. The summed E-state index contributed by atoms with van der Waals surface area (Å²) < 4.78 is 18.7. The quantitative estimate of drug-likeness (QED) is 0.124. The smallest absolute Gasteiger partial charge is 0.320 e. The molecular formula is C40H43ClN6O5. The molecule has 3 heterocycles. The number of carboxylic acids is 1. The molecule has 0 radical (unpaired) electrons. The number of hydrogen-bond acceptors (Lipinski definition) is 10. The van der Waals surface area contributed by atoms with Crippen molar-refractivity contribution in [1.29, 1.82) is 5.26 Å². The Morgan fingerprint density at radius 3 is 2.60 bits per heavy atom. The van der Waals surface area contributed by atoms with E-state index in [4.69, 9.17) is 30.5 Å². The number of anilines is 1. The molecule has 0 aliphatic carbocycles. The predicted molar refractivity (Wildman–Crippen MR) is 201 cm³/mol. The summed E-state index contributed by atoms with van der Waals surface area (Å²) in [6, 6.07) is 19.6. The number of piperazine rings is 1. The summed E-state index contributed by atoms with van der Waals surface area (Å²) in [6.45, 7) is 8.43. The first-order valence-electron chi connectivity index (χ1n) is 17.4. The highest BCUT2D eigenvalue weighted by molar-refractivity contribution is 6.32.